The van der Waals surface area contributed by atoms with Crippen LogP contribution < -0.4 is 19.7 Å². The van der Waals surface area contributed by atoms with Gasteiger partial charge in [-0.1, -0.05) is 30.4 Å². The van der Waals surface area contributed by atoms with E-state index in [2.05, 4.69) is 16.4 Å². The monoisotopic (exact) mass is 457 g/mol. The highest BCUT2D eigenvalue weighted by molar-refractivity contribution is 6.03. The standard InChI is InChI=1S/C26H23N3O5/c30-24(27-10-8-15-12-28-18-4-2-1-3-17(15)18)22-20-7-9-26(34-20)13-29(25(31)23(22)26)16-5-6-19-21(11-16)33-14-32-19/h1-7,9,11-12,20,22-23,28H,8,10,13-14H2,(H,27,30)/t20-,22?,23?,26+/m0/s1. The molecule has 2 amide bonds. The van der Waals surface area contributed by atoms with Gasteiger partial charge in [0.05, 0.1) is 24.5 Å². The van der Waals surface area contributed by atoms with Gasteiger partial charge in [0.15, 0.2) is 11.5 Å². The Labute approximate surface area is 195 Å². The zero-order chi connectivity index (χ0) is 22.9. The van der Waals surface area contributed by atoms with E-state index in [0.29, 0.717) is 31.0 Å². The number of fused-ring (bicyclic) bond motifs is 3. The normalized spacial score (nSPS) is 28.2. The van der Waals surface area contributed by atoms with Crippen molar-refractivity contribution in [3.8, 4) is 11.5 Å². The number of aromatic nitrogens is 1. The predicted molar refractivity (Wildman–Crippen MR) is 124 cm³/mol. The summed E-state index contributed by atoms with van der Waals surface area (Å²) in [6, 6.07) is 13.6. The molecule has 2 N–H and O–H groups in total. The fourth-order valence-corrected chi connectivity index (χ4v) is 5.85. The zero-order valence-electron chi connectivity index (χ0n) is 18.3. The number of para-hydroxylation sites is 1. The van der Waals surface area contributed by atoms with Crippen LogP contribution in [0.5, 0.6) is 11.5 Å². The van der Waals surface area contributed by atoms with Crippen molar-refractivity contribution >= 4 is 28.4 Å². The number of nitrogens with one attached hydrogen (secondary N) is 2. The van der Waals surface area contributed by atoms with Gasteiger partial charge in [-0.25, -0.2) is 0 Å². The molecule has 1 aromatic heterocycles. The maximum atomic E-state index is 13.5. The van der Waals surface area contributed by atoms with Gasteiger partial charge in [-0.15, -0.1) is 0 Å². The first kappa shape index (κ1) is 19.7. The molecule has 4 aliphatic heterocycles. The van der Waals surface area contributed by atoms with Crippen molar-refractivity contribution in [2.75, 3.05) is 24.8 Å². The summed E-state index contributed by atoms with van der Waals surface area (Å²) in [4.78, 5) is 31.8. The molecule has 4 atom stereocenters. The van der Waals surface area contributed by atoms with Crippen LogP contribution in [0.2, 0.25) is 0 Å². The highest BCUT2D eigenvalue weighted by atomic mass is 16.7. The fourth-order valence-electron chi connectivity index (χ4n) is 5.85. The van der Waals surface area contributed by atoms with Gasteiger partial charge >= 0.3 is 0 Å². The van der Waals surface area contributed by atoms with Gasteiger partial charge in [-0.3, -0.25) is 9.59 Å². The maximum Gasteiger partial charge on any atom is 0.234 e. The van der Waals surface area contributed by atoms with Gasteiger partial charge in [0.2, 0.25) is 18.6 Å². The van der Waals surface area contributed by atoms with E-state index in [1.807, 2.05) is 48.7 Å². The Balaban J connectivity index is 1.08. The Bertz CT molecular complexity index is 1360. The molecule has 8 heteroatoms. The lowest BCUT2D eigenvalue weighted by Gasteiger charge is -2.23. The molecule has 2 aromatic carbocycles. The molecule has 0 radical (unpaired) electrons. The van der Waals surface area contributed by atoms with E-state index < -0.39 is 17.4 Å². The second-order valence-corrected chi connectivity index (χ2v) is 9.26. The molecular formula is C26H23N3O5. The summed E-state index contributed by atoms with van der Waals surface area (Å²) in [5, 5.41) is 4.22. The van der Waals surface area contributed by atoms with Crippen LogP contribution >= 0.6 is 0 Å². The number of benzene rings is 2. The Hall–Kier alpha value is -3.78. The number of ether oxygens (including phenoxy) is 3. The molecule has 3 aromatic rings. The van der Waals surface area contributed by atoms with Crippen molar-refractivity contribution in [2.45, 2.75) is 18.1 Å². The highest BCUT2D eigenvalue weighted by Gasteiger charge is 2.67. The SMILES string of the molecule is O=C(NCCc1c[nH]c2ccccc12)C1C2C(=O)N(c3ccc4c(c3)OCO4)C[C@]23C=C[C@@H]1O3. The molecule has 8 nitrogen and oxygen atoms in total. The highest BCUT2D eigenvalue weighted by Crippen LogP contribution is 2.53. The van der Waals surface area contributed by atoms with Gasteiger partial charge in [0.25, 0.3) is 0 Å². The number of H-pyrrole nitrogens is 1. The number of carbonyl (C=O) groups excluding carboxylic acids is 2. The topological polar surface area (TPSA) is 92.9 Å². The van der Waals surface area contributed by atoms with Gasteiger partial charge in [-0.2, -0.15) is 0 Å². The van der Waals surface area contributed by atoms with E-state index in [1.54, 1.807) is 11.0 Å². The Morgan fingerprint density at radius 1 is 1.18 bits per heavy atom. The van der Waals surface area contributed by atoms with Crippen LogP contribution in [0.25, 0.3) is 10.9 Å². The number of aromatic amines is 1. The summed E-state index contributed by atoms with van der Waals surface area (Å²) in [6.45, 7) is 1.04. The van der Waals surface area contributed by atoms with Crippen LogP contribution in [0, 0.1) is 11.8 Å². The first-order chi connectivity index (χ1) is 16.6. The molecule has 2 fully saturated rings. The fraction of sp³-hybridized carbons (Fsp3) is 0.308. The lowest BCUT2D eigenvalue weighted by atomic mass is 9.77. The van der Waals surface area contributed by atoms with Crippen molar-refractivity contribution < 1.29 is 23.8 Å². The van der Waals surface area contributed by atoms with Crippen molar-refractivity contribution in [2.24, 2.45) is 11.8 Å². The van der Waals surface area contributed by atoms with Gasteiger partial charge in [0, 0.05) is 35.4 Å². The average Bonchev–Trinajstić information content (AvgIpc) is 3.66. The number of hydrogen-bond acceptors (Lipinski definition) is 5. The number of nitrogens with zero attached hydrogens (tertiary/aromatic N) is 1. The second-order valence-electron chi connectivity index (χ2n) is 9.26. The molecule has 34 heavy (non-hydrogen) atoms. The molecule has 5 heterocycles. The molecule has 2 saturated heterocycles. The maximum absolute atomic E-state index is 13.5. The lowest BCUT2D eigenvalue weighted by Crippen LogP contribution is -2.44. The Morgan fingerprint density at radius 3 is 3.00 bits per heavy atom. The minimum absolute atomic E-state index is 0.0949. The molecule has 4 aliphatic rings. The molecule has 172 valence electrons. The summed E-state index contributed by atoms with van der Waals surface area (Å²) in [6.07, 6.45) is 6.20. The minimum atomic E-state index is -0.767. The minimum Gasteiger partial charge on any atom is -0.454 e. The van der Waals surface area contributed by atoms with Crippen molar-refractivity contribution in [3.05, 3.63) is 66.4 Å². The predicted octanol–water partition coefficient (Wildman–Crippen LogP) is 2.54. The van der Waals surface area contributed by atoms with Gasteiger partial charge in [-0.05, 0) is 30.2 Å². The third-order valence-corrected chi connectivity index (χ3v) is 7.44. The molecule has 0 saturated carbocycles. The van der Waals surface area contributed by atoms with E-state index in [1.165, 1.54) is 0 Å². The smallest absolute Gasteiger partial charge is 0.234 e. The first-order valence-corrected chi connectivity index (χ1v) is 11.5. The van der Waals surface area contributed by atoms with Crippen LogP contribution in [-0.2, 0) is 20.7 Å². The number of amides is 2. The first-order valence-electron chi connectivity index (χ1n) is 11.5. The zero-order valence-corrected chi connectivity index (χ0v) is 18.3. The molecule has 2 bridgehead atoms. The van der Waals surface area contributed by atoms with Crippen molar-refractivity contribution in [1.82, 2.24) is 10.3 Å². The molecule has 0 aliphatic carbocycles. The number of hydrogen-bond donors (Lipinski definition) is 2. The summed E-state index contributed by atoms with van der Waals surface area (Å²) in [5.74, 6) is -0.0320. The van der Waals surface area contributed by atoms with Gasteiger partial charge < -0.3 is 29.4 Å². The number of carbonyl (C=O) groups is 2. The quantitative estimate of drug-likeness (QED) is 0.575. The van der Waals surface area contributed by atoms with Crippen LogP contribution in [0.15, 0.2) is 60.8 Å². The third-order valence-electron chi connectivity index (χ3n) is 7.44. The number of anilines is 1. The summed E-state index contributed by atoms with van der Waals surface area (Å²) in [7, 11) is 0. The van der Waals surface area contributed by atoms with E-state index >= 15 is 0 Å². The van der Waals surface area contributed by atoms with E-state index in [0.717, 1.165) is 22.2 Å². The Kier molecular flexibility index (Phi) is 4.11. The largest absolute Gasteiger partial charge is 0.454 e. The van der Waals surface area contributed by atoms with Crippen LogP contribution in [0.3, 0.4) is 0 Å². The summed E-state index contributed by atoms with van der Waals surface area (Å²) >= 11 is 0. The van der Waals surface area contributed by atoms with E-state index in [9.17, 15) is 9.59 Å². The summed E-state index contributed by atoms with van der Waals surface area (Å²) < 4.78 is 17.1. The lowest BCUT2D eigenvalue weighted by molar-refractivity contribution is -0.131. The average molecular weight is 457 g/mol. The summed E-state index contributed by atoms with van der Waals surface area (Å²) in [5.41, 5.74) is 2.19. The van der Waals surface area contributed by atoms with Crippen molar-refractivity contribution in [3.63, 3.8) is 0 Å². The molecule has 2 unspecified atom stereocenters. The van der Waals surface area contributed by atoms with Crippen LogP contribution in [-0.4, -0.2) is 48.4 Å². The van der Waals surface area contributed by atoms with E-state index in [4.69, 9.17) is 14.2 Å². The molecule has 1 spiro atoms. The second kappa shape index (κ2) is 7.11. The van der Waals surface area contributed by atoms with Crippen LogP contribution in [0.4, 0.5) is 5.69 Å². The van der Waals surface area contributed by atoms with Crippen molar-refractivity contribution in [1.29, 1.82) is 0 Å². The molecule has 7 rings (SSSR count). The third kappa shape index (κ3) is 2.75. The van der Waals surface area contributed by atoms with Crippen LogP contribution in [0.1, 0.15) is 5.56 Å². The van der Waals surface area contributed by atoms with E-state index in [-0.39, 0.29) is 24.7 Å². The molecular weight excluding hydrogens is 434 g/mol. The number of rotatable bonds is 5. The van der Waals surface area contributed by atoms with Gasteiger partial charge in [0.1, 0.15) is 5.60 Å². The Morgan fingerprint density at radius 2 is 2.06 bits per heavy atom.